The summed E-state index contributed by atoms with van der Waals surface area (Å²) in [5, 5.41) is 7.97. The first-order valence-corrected chi connectivity index (χ1v) is 9.20. The van der Waals surface area contributed by atoms with Gasteiger partial charge in [0.1, 0.15) is 0 Å². The van der Waals surface area contributed by atoms with E-state index in [1.807, 2.05) is 37.4 Å². The average molecular weight is 504 g/mol. The number of benzene rings is 1. The van der Waals surface area contributed by atoms with Crippen LogP contribution in [0.1, 0.15) is 25.7 Å². The Labute approximate surface area is 183 Å². The van der Waals surface area contributed by atoms with Crippen molar-refractivity contribution >= 4 is 41.5 Å². The van der Waals surface area contributed by atoms with Gasteiger partial charge in [-0.25, -0.2) is 0 Å². The molecule has 1 aromatic carbocycles. The van der Waals surface area contributed by atoms with E-state index in [1.54, 1.807) is 0 Å². The molecule has 0 radical (unpaired) electrons. The molecule has 0 amide bonds. The zero-order valence-electron chi connectivity index (χ0n) is 15.8. The van der Waals surface area contributed by atoms with Crippen molar-refractivity contribution < 1.29 is 4.52 Å². The zero-order valence-corrected chi connectivity index (χ0v) is 18.9. The van der Waals surface area contributed by atoms with Crippen LogP contribution < -0.4 is 5.32 Å². The van der Waals surface area contributed by atoms with Crippen LogP contribution in [0.3, 0.4) is 0 Å². The number of halogens is 2. The molecule has 1 aromatic heterocycles. The largest absolute Gasteiger partial charge is 0.357 e. The summed E-state index contributed by atoms with van der Waals surface area (Å²) in [6, 6.07) is 7.40. The van der Waals surface area contributed by atoms with Crippen LogP contribution in [0.2, 0.25) is 5.02 Å². The fourth-order valence-corrected chi connectivity index (χ4v) is 2.60. The van der Waals surface area contributed by atoms with Crippen LogP contribution in [-0.2, 0) is 6.42 Å². The van der Waals surface area contributed by atoms with E-state index in [0.29, 0.717) is 29.7 Å². The second kappa shape index (κ2) is 12.7. The third-order valence-corrected chi connectivity index (χ3v) is 3.97. The Hall–Kier alpha value is -1.61. The number of aliphatic imine (C=N–C) groups is 1. The predicted molar refractivity (Wildman–Crippen MR) is 122 cm³/mol. The molecule has 0 saturated heterocycles. The highest BCUT2D eigenvalue weighted by Crippen LogP contribution is 2.19. The molecule has 1 N–H and O–H groups in total. The van der Waals surface area contributed by atoms with Crippen molar-refractivity contribution in [3.8, 4) is 11.4 Å². The molecule has 0 aliphatic carbocycles. The van der Waals surface area contributed by atoms with Gasteiger partial charge in [-0.05, 0) is 31.9 Å². The lowest BCUT2D eigenvalue weighted by atomic mass is 10.2. The predicted octanol–water partition coefficient (Wildman–Crippen LogP) is 4.41. The second-order valence-electron chi connectivity index (χ2n) is 5.86. The van der Waals surface area contributed by atoms with Gasteiger partial charge in [-0.3, -0.25) is 4.99 Å². The van der Waals surface area contributed by atoms with Crippen LogP contribution in [0.4, 0.5) is 0 Å². The van der Waals surface area contributed by atoms with Crippen LogP contribution in [0.5, 0.6) is 0 Å². The molecule has 148 valence electrons. The lowest BCUT2D eigenvalue weighted by molar-refractivity contribution is 0.380. The first kappa shape index (κ1) is 23.4. The van der Waals surface area contributed by atoms with Gasteiger partial charge in [0.15, 0.2) is 5.96 Å². The van der Waals surface area contributed by atoms with E-state index in [-0.39, 0.29) is 24.0 Å². The minimum absolute atomic E-state index is 0. The SMILES string of the molecule is C=CCCCN(C)C(=NCCc1nc(-c2cccc(Cl)c2)no1)NCC.I. The Kier molecular flexibility index (Phi) is 11.0. The van der Waals surface area contributed by atoms with Crippen LogP contribution in [0.15, 0.2) is 46.4 Å². The molecule has 0 spiro atoms. The molecule has 0 unspecified atom stereocenters. The number of hydrogen-bond acceptors (Lipinski definition) is 4. The first-order chi connectivity index (χ1) is 12.6. The molecule has 0 fully saturated rings. The molecule has 1 heterocycles. The molecule has 0 bridgehead atoms. The minimum Gasteiger partial charge on any atom is -0.357 e. The van der Waals surface area contributed by atoms with Crippen molar-refractivity contribution in [2.24, 2.45) is 4.99 Å². The fourth-order valence-electron chi connectivity index (χ4n) is 2.41. The molecule has 2 rings (SSSR count). The van der Waals surface area contributed by atoms with Crippen LogP contribution in [0.25, 0.3) is 11.4 Å². The summed E-state index contributed by atoms with van der Waals surface area (Å²) in [5.41, 5.74) is 0.839. The smallest absolute Gasteiger partial charge is 0.228 e. The van der Waals surface area contributed by atoms with Gasteiger partial charge in [0.2, 0.25) is 11.7 Å². The molecule has 0 saturated carbocycles. The molecule has 2 aromatic rings. The molecular weight excluding hydrogens is 477 g/mol. The average Bonchev–Trinajstić information content (AvgIpc) is 3.10. The van der Waals surface area contributed by atoms with Gasteiger partial charge in [-0.1, -0.05) is 35.0 Å². The van der Waals surface area contributed by atoms with Crippen molar-refractivity contribution in [2.75, 3.05) is 26.7 Å². The highest BCUT2D eigenvalue weighted by molar-refractivity contribution is 14.0. The zero-order chi connectivity index (χ0) is 18.8. The van der Waals surface area contributed by atoms with Gasteiger partial charge in [0, 0.05) is 37.1 Å². The summed E-state index contributed by atoms with van der Waals surface area (Å²) in [7, 11) is 2.04. The summed E-state index contributed by atoms with van der Waals surface area (Å²) in [4.78, 5) is 11.2. The molecule has 27 heavy (non-hydrogen) atoms. The van der Waals surface area contributed by atoms with Gasteiger partial charge in [0.25, 0.3) is 0 Å². The summed E-state index contributed by atoms with van der Waals surface area (Å²) in [6.45, 7) is 8.14. The van der Waals surface area contributed by atoms with Crippen molar-refractivity contribution in [1.82, 2.24) is 20.4 Å². The Morgan fingerprint density at radius 1 is 1.44 bits per heavy atom. The van der Waals surface area contributed by atoms with Crippen molar-refractivity contribution in [1.29, 1.82) is 0 Å². The number of aromatic nitrogens is 2. The summed E-state index contributed by atoms with van der Waals surface area (Å²) >= 11 is 6.00. The summed E-state index contributed by atoms with van der Waals surface area (Å²) in [5.74, 6) is 1.99. The molecule has 8 heteroatoms. The van der Waals surface area contributed by atoms with Crippen molar-refractivity contribution in [3.05, 3.63) is 47.8 Å². The summed E-state index contributed by atoms with van der Waals surface area (Å²) < 4.78 is 5.32. The second-order valence-corrected chi connectivity index (χ2v) is 6.30. The fraction of sp³-hybridized carbons (Fsp3) is 0.421. The minimum atomic E-state index is 0. The van der Waals surface area contributed by atoms with E-state index in [0.717, 1.165) is 37.5 Å². The van der Waals surface area contributed by atoms with E-state index in [2.05, 4.69) is 38.9 Å². The standard InChI is InChI=1S/C19H26ClN5O.HI/c1-4-6-7-13-25(3)19(21-5-2)22-12-11-17-23-18(24-26-17)15-9-8-10-16(20)14-15;/h4,8-10,14H,1,5-7,11-13H2,2-3H3,(H,21,22);1H. The highest BCUT2D eigenvalue weighted by Gasteiger charge is 2.09. The van der Waals surface area contributed by atoms with Crippen molar-refractivity contribution in [3.63, 3.8) is 0 Å². The van der Waals surface area contributed by atoms with Gasteiger partial charge in [0.05, 0.1) is 6.54 Å². The number of guanidine groups is 1. The summed E-state index contributed by atoms with van der Waals surface area (Å²) in [6.07, 6.45) is 4.57. The normalized spacial score (nSPS) is 11.0. The highest BCUT2D eigenvalue weighted by atomic mass is 127. The van der Waals surface area contributed by atoms with Gasteiger partial charge in [-0.2, -0.15) is 4.98 Å². The Balaban J connectivity index is 0.00000364. The number of allylic oxidation sites excluding steroid dienone is 1. The van der Waals surface area contributed by atoms with E-state index in [9.17, 15) is 0 Å². The van der Waals surface area contributed by atoms with Crippen LogP contribution in [0, 0.1) is 0 Å². The molecule has 0 atom stereocenters. The van der Waals surface area contributed by atoms with Crippen LogP contribution in [-0.4, -0.2) is 47.7 Å². The molecule has 0 aliphatic heterocycles. The Bertz CT molecular complexity index is 734. The van der Waals surface area contributed by atoms with Gasteiger partial charge < -0.3 is 14.7 Å². The lowest BCUT2D eigenvalue weighted by Crippen LogP contribution is -2.39. The Morgan fingerprint density at radius 2 is 2.26 bits per heavy atom. The molecular formula is C19H27ClIN5O. The number of nitrogens with one attached hydrogen (secondary N) is 1. The van der Waals surface area contributed by atoms with E-state index in [1.165, 1.54) is 0 Å². The maximum Gasteiger partial charge on any atom is 0.228 e. The third kappa shape index (κ3) is 7.88. The molecule has 6 nitrogen and oxygen atoms in total. The van der Waals surface area contributed by atoms with Crippen molar-refractivity contribution in [2.45, 2.75) is 26.2 Å². The van der Waals surface area contributed by atoms with Crippen LogP contribution >= 0.6 is 35.6 Å². The number of unbranched alkanes of at least 4 members (excludes halogenated alkanes) is 1. The van der Waals surface area contributed by atoms with Gasteiger partial charge in [-0.15, -0.1) is 30.6 Å². The quantitative estimate of drug-likeness (QED) is 0.180. The van der Waals surface area contributed by atoms with E-state index >= 15 is 0 Å². The topological polar surface area (TPSA) is 66.5 Å². The maximum absolute atomic E-state index is 6.00. The lowest BCUT2D eigenvalue weighted by Gasteiger charge is -2.21. The maximum atomic E-state index is 6.00. The van der Waals surface area contributed by atoms with E-state index < -0.39 is 0 Å². The number of hydrogen-bond donors (Lipinski definition) is 1. The van der Waals surface area contributed by atoms with E-state index in [4.69, 9.17) is 16.1 Å². The molecule has 0 aliphatic rings. The number of rotatable bonds is 9. The Morgan fingerprint density at radius 3 is 2.96 bits per heavy atom. The third-order valence-electron chi connectivity index (χ3n) is 3.74. The van der Waals surface area contributed by atoms with Gasteiger partial charge >= 0.3 is 0 Å². The monoisotopic (exact) mass is 503 g/mol. The first-order valence-electron chi connectivity index (χ1n) is 8.83. The number of nitrogens with zero attached hydrogens (tertiary/aromatic N) is 4.